The van der Waals surface area contributed by atoms with Gasteiger partial charge in [-0.3, -0.25) is 4.99 Å². The number of hydrogen-bond donors (Lipinski definition) is 2. The van der Waals surface area contributed by atoms with Crippen LogP contribution in [0.1, 0.15) is 24.3 Å². The number of benzene rings is 2. The van der Waals surface area contributed by atoms with Gasteiger partial charge in [-0.05, 0) is 37.3 Å². The number of nitrogens with zero attached hydrogens (tertiary/aromatic N) is 1. The van der Waals surface area contributed by atoms with Crippen LogP contribution in [-0.2, 0) is 6.54 Å². The average Bonchev–Trinajstić information content (AvgIpc) is 3.05. The number of halogens is 3. The molecule has 1 aromatic heterocycles. The van der Waals surface area contributed by atoms with E-state index in [0.717, 1.165) is 34.9 Å². The lowest BCUT2D eigenvalue weighted by molar-refractivity contribution is 0.488. The van der Waals surface area contributed by atoms with Crippen LogP contribution in [0.2, 0.25) is 0 Å². The van der Waals surface area contributed by atoms with Crippen molar-refractivity contribution in [3.05, 3.63) is 71.5 Å². The van der Waals surface area contributed by atoms with Crippen molar-refractivity contribution in [2.45, 2.75) is 19.5 Å². The largest absolute Gasteiger partial charge is 0.459 e. The topological polar surface area (TPSA) is 49.6 Å². The van der Waals surface area contributed by atoms with Crippen molar-refractivity contribution < 1.29 is 13.2 Å². The molecule has 1 atom stereocenters. The summed E-state index contributed by atoms with van der Waals surface area (Å²) in [5.41, 5.74) is 1.05. The number of rotatable bonds is 4. The molecule has 0 amide bonds. The molecule has 3 aromatic rings. The molecule has 1 unspecified atom stereocenters. The second-order valence-corrected chi connectivity index (χ2v) is 5.71. The van der Waals surface area contributed by atoms with Crippen LogP contribution in [0.25, 0.3) is 11.0 Å². The summed E-state index contributed by atoms with van der Waals surface area (Å²) < 4.78 is 32.7. The lowest BCUT2D eigenvalue weighted by Crippen LogP contribution is -2.38. The lowest BCUT2D eigenvalue weighted by Gasteiger charge is -2.16. The maximum Gasteiger partial charge on any atom is 0.191 e. The van der Waals surface area contributed by atoms with Gasteiger partial charge in [0.2, 0.25) is 0 Å². The SMILES string of the molecule is CN=C(NCc1cc(F)ccc1F)NC(C)c1cc2ccccc2o1.I. The fourth-order valence-corrected chi connectivity index (χ4v) is 2.54. The minimum atomic E-state index is -0.475. The smallest absolute Gasteiger partial charge is 0.191 e. The van der Waals surface area contributed by atoms with Crippen molar-refractivity contribution in [1.82, 2.24) is 10.6 Å². The number of aliphatic imine (C=N–C) groups is 1. The zero-order valence-corrected chi connectivity index (χ0v) is 16.8. The van der Waals surface area contributed by atoms with E-state index in [4.69, 9.17) is 4.42 Å². The molecule has 0 radical (unpaired) electrons. The van der Waals surface area contributed by atoms with Gasteiger partial charge in [0, 0.05) is 24.5 Å². The van der Waals surface area contributed by atoms with E-state index in [1.807, 2.05) is 37.3 Å². The maximum absolute atomic E-state index is 13.7. The van der Waals surface area contributed by atoms with Gasteiger partial charge < -0.3 is 15.1 Å². The zero-order chi connectivity index (χ0) is 17.8. The number of guanidine groups is 1. The van der Waals surface area contributed by atoms with Gasteiger partial charge >= 0.3 is 0 Å². The van der Waals surface area contributed by atoms with Crippen molar-refractivity contribution in [3.63, 3.8) is 0 Å². The van der Waals surface area contributed by atoms with Crippen LogP contribution in [0.5, 0.6) is 0 Å². The molecule has 1 heterocycles. The van der Waals surface area contributed by atoms with Crippen LogP contribution < -0.4 is 10.6 Å². The summed E-state index contributed by atoms with van der Waals surface area (Å²) in [6, 6.07) is 13.0. The Morgan fingerprint density at radius 2 is 1.92 bits per heavy atom. The highest BCUT2D eigenvalue weighted by molar-refractivity contribution is 14.0. The Morgan fingerprint density at radius 1 is 1.15 bits per heavy atom. The number of nitrogens with one attached hydrogen (secondary N) is 2. The van der Waals surface area contributed by atoms with Gasteiger partial charge in [0.25, 0.3) is 0 Å². The third-order valence-electron chi connectivity index (χ3n) is 3.90. The predicted octanol–water partition coefficient (Wildman–Crippen LogP) is 4.76. The summed E-state index contributed by atoms with van der Waals surface area (Å²) in [5.74, 6) is 0.296. The average molecular weight is 471 g/mol. The van der Waals surface area contributed by atoms with Crippen LogP contribution in [0.15, 0.2) is 57.9 Å². The highest BCUT2D eigenvalue weighted by Crippen LogP contribution is 2.23. The Labute approximate surface area is 167 Å². The molecule has 2 N–H and O–H groups in total. The molecular weight excluding hydrogens is 451 g/mol. The molecule has 0 saturated carbocycles. The zero-order valence-electron chi connectivity index (χ0n) is 14.4. The number of hydrogen-bond acceptors (Lipinski definition) is 2. The summed E-state index contributed by atoms with van der Waals surface area (Å²) in [6.45, 7) is 2.06. The van der Waals surface area contributed by atoms with Crippen molar-refractivity contribution >= 4 is 40.9 Å². The molecule has 0 aliphatic carbocycles. The molecule has 0 spiro atoms. The van der Waals surface area contributed by atoms with E-state index in [-0.39, 0.29) is 42.1 Å². The van der Waals surface area contributed by atoms with Crippen LogP contribution in [0.4, 0.5) is 8.78 Å². The fourth-order valence-electron chi connectivity index (χ4n) is 2.54. The Kier molecular flexibility index (Phi) is 6.96. The van der Waals surface area contributed by atoms with E-state index >= 15 is 0 Å². The Morgan fingerprint density at radius 3 is 2.65 bits per heavy atom. The van der Waals surface area contributed by atoms with Gasteiger partial charge in [-0.15, -0.1) is 24.0 Å². The van der Waals surface area contributed by atoms with Crippen molar-refractivity contribution in [3.8, 4) is 0 Å². The summed E-state index contributed by atoms with van der Waals surface area (Å²) >= 11 is 0. The van der Waals surface area contributed by atoms with Crippen molar-refractivity contribution in [2.75, 3.05) is 7.05 Å². The van der Waals surface area contributed by atoms with Crippen LogP contribution >= 0.6 is 24.0 Å². The van der Waals surface area contributed by atoms with E-state index in [2.05, 4.69) is 15.6 Å². The number of furan rings is 1. The second-order valence-electron chi connectivity index (χ2n) is 5.71. The van der Waals surface area contributed by atoms with E-state index < -0.39 is 11.6 Å². The normalized spacial score (nSPS) is 12.5. The fraction of sp³-hybridized carbons (Fsp3) is 0.211. The maximum atomic E-state index is 13.7. The molecule has 0 bridgehead atoms. The minimum Gasteiger partial charge on any atom is -0.459 e. The quantitative estimate of drug-likeness (QED) is 0.328. The molecule has 138 valence electrons. The van der Waals surface area contributed by atoms with Gasteiger partial charge in [-0.25, -0.2) is 8.78 Å². The van der Waals surface area contributed by atoms with Crippen molar-refractivity contribution in [1.29, 1.82) is 0 Å². The van der Waals surface area contributed by atoms with E-state index in [0.29, 0.717) is 5.96 Å². The Hall–Kier alpha value is -2.16. The van der Waals surface area contributed by atoms with Crippen LogP contribution in [-0.4, -0.2) is 13.0 Å². The van der Waals surface area contributed by atoms with Crippen LogP contribution in [0, 0.1) is 11.6 Å². The van der Waals surface area contributed by atoms with Gasteiger partial charge in [-0.1, -0.05) is 18.2 Å². The van der Waals surface area contributed by atoms with Crippen LogP contribution in [0.3, 0.4) is 0 Å². The molecular formula is C19H20F2IN3O. The molecule has 26 heavy (non-hydrogen) atoms. The highest BCUT2D eigenvalue weighted by Gasteiger charge is 2.13. The lowest BCUT2D eigenvalue weighted by atomic mass is 10.2. The number of para-hydroxylation sites is 1. The molecule has 7 heteroatoms. The summed E-state index contributed by atoms with van der Waals surface area (Å²) in [6.07, 6.45) is 0. The van der Waals surface area contributed by atoms with Gasteiger partial charge in [-0.2, -0.15) is 0 Å². The summed E-state index contributed by atoms with van der Waals surface area (Å²) in [4.78, 5) is 4.11. The first-order valence-corrected chi connectivity index (χ1v) is 7.96. The molecule has 0 saturated heterocycles. The summed E-state index contributed by atoms with van der Waals surface area (Å²) in [7, 11) is 1.61. The minimum absolute atomic E-state index is 0. The molecule has 4 nitrogen and oxygen atoms in total. The summed E-state index contributed by atoms with van der Waals surface area (Å²) in [5, 5.41) is 7.18. The molecule has 3 rings (SSSR count). The Bertz CT molecular complexity index is 878. The molecule has 0 aliphatic heterocycles. The second kappa shape index (κ2) is 8.98. The first-order valence-electron chi connectivity index (χ1n) is 7.96. The molecule has 2 aromatic carbocycles. The molecule has 0 aliphatic rings. The van der Waals surface area contributed by atoms with Gasteiger partial charge in [0.05, 0.1) is 6.04 Å². The van der Waals surface area contributed by atoms with Gasteiger partial charge in [0.15, 0.2) is 5.96 Å². The van der Waals surface area contributed by atoms with Crippen molar-refractivity contribution in [2.24, 2.45) is 4.99 Å². The highest BCUT2D eigenvalue weighted by atomic mass is 127. The first-order chi connectivity index (χ1) is 12.1. The predicted molar refractivity (Wildman–Crippen MR) is 110 cm³/mol. The third kappa shape index (κ3) is 4.72. The van der Waals surface area contributed by atoms with E-state index in [1.165, 1.54) is 0 Å². The van der Waals surface area contributed by atoms with E-state index in [9.17, 15) is 8.78 Å². The molecule has 0 fully saturated rings. The monoisotopic (exact) mass is 471 g/mol. The first kappa shape index (κ1) is 20.2. The number of fused-ring (bicyclic) bond motifs is 1. The van der Waals surface area contributed by atoms with Gasteiger partial charge in [0.1, 0.15) is 23.0 Å². The third-order valence-corrected chi connectivity index (χ3v) is 3.90. The van der Waals surface area contributed by atoms with E-state index in [1.54, 1.807) is 7.05 Å². The Balaban J connectivity index is 0.00000243. The standard InChI is InChI=1S/C19H19F2N3O.HI/c1-12(18-10-13-5-3-4-6-17(13)25-18)24-19(22-2)23-11-14-9-15(20)7-8-16(14)21;/h3-10,12H,11H2,1-2H3,(H2,22,23,24);1H.